The van der Waals surface area contributed by atoms with E-state index in [0.29, 0.717) is 11.8 Å². The smallest absolute Gasteiger partial charge is 0.390 e. The first-order chi connectivity index (χ1) is 6.26. The predicted molar refractivity (Wildman–Crippen MR) is 44.7 cm³/mol. The van der Waals surface area contributed by atoms with Crippen molar-refractivity contribution in [3.8, 4) is 0 Å². The highest BCUT2D eigenvalue weighted by Gasteiger charge is 2.37. The van der Waals surface area contributed by atoms with Gasteiger partial charge in [0.2, 0.25) is 0 Å². The number of alkyl halides is 3. The number of rotatable bonds is 3. The Labute approximate surface area is 83.0 Å². The van der Waals surface area contributed by atoms with Gasteiger partial charge in [-0.05, 0) is 0 Å². The lowest BCUT2D eigenvalue weighted by Gasteiger charge is -2.14. The molecular formula is C7H9F3O3S. The van der Waals surface area contributed by atoms with Crippen molar-refractivity contribution in [3.05, 3.63) is 0 Å². The summed E-state index contributed by atoms with van der Waals surface area (Å²) in [7, 11) is 0.979. The lowest BCUT2D eigenvalue weighted by atomic mass is 10.3. The fourth-order valence-electron chi connectivity index (χ4n) is 0.715. The van der Waals surface area contributed by atoms with Crippen LogP contribution in [0.2, 0.25) is 0 Å². The summed E-state index contributed by atoms with van der Waals surface area (Å²) in [6.45, 7) is 1.09. The van der Waals surface area contributed by atoms with Crippen molar-refractivity contribution >= 4 is 22.8 Å². The Balaban J connectivity index is 4.40. The molecule has 0 aliphatic heterocycles. The Kier molecular flexibility index (Phi) is 4.96. The van der Waals surface area contributed by atoms with Crippen LogP contribution in [-0.2, 0) is 14.3 Å². The molecule has 0 bridgehead atoms. The second-order valence-corrected chi connectivity index (χ2v) is 3.82. The van der Waals surface area contributed by atoms with E-state index < -0.39 is 28.9 Å². The quantitative estimate of drug-likeness (QED) is 0.693. The van der Waals surface area contributed by atoms with Crippen LogP contribution in [0.5, 0.6) is 0 Å². The van der Waals surface area contributed by atoms with Gasteiger partial charge in [0.05, 0.1) is 13.5 Å². The molecule has 0 fully saturated rings. The fraction of sp³-hybridized carbons (Fsp3) is 0.714. The highest BCUT2D eigenvalue weighted by atomic mass is 32.2. The van der Waals surface area contributed by atoms with E-state index >= 15 is 0 Å². The van der Waals surface area contributed by atoms with Crippen LogP contribution in [-0.4, -0.2) is 29.6 Å². The number of ether oxygens (including phenoxy) is 1. The number of carbonyl (C=O) groups is 2. The van der Waals surface area contributed by atoms with Crippen molar-refractivity contribution in [2.75, 3.05) is 7.11 Å². The molecule has 0 saturated heterocycles. The summed E-state index contributed by atoms with van der Waals surface area (Å²) in [6, 6.07) is 0. The second-order valence-electron chi connectivity index (χ2n) is 2.44. The van der Waals surface area contributed by atoms with Gasteiger partial charge in [0.15, 0.2) is 5.12 Å². The van der Waals surface area contributed by atoms with Gasteiger partial charge >= 0.3 is 12.1 Å². The van der Waals surface area contributed by atoms with Crippen molar-refractivity contribution in [3.63, 3.8) is 0 Å². The van der Waals surface area contributed by atoms with E-state index in [1.165, 1.54) is 0 Å². The van der Waals surface area contributed by atoms with Crippen LogP contribution in [0.3, 0.4) is 0 Å². The van der Waals surface area contributed by atoms with Gasteiger partial charge in [-0.25, -0.2) is 0 Å². The van der Waals surface area contributed by atoms with Gasteiger partial charge in [-0.3, -0.25) is 9.59 Å². The number of hydrogen-bond donors (Lipinski definition) is 0. The zero-order chi connectivity index (χ0) is 11.4. The molecule has 3 nitrogen and oxygen atoms in total. The Morgan fingerprint density at radius 1 is 1.43 bits per heavy atom. The average Bonchev–Trinajstić information content (AvgIpc) is 1.98. The van der Waals surface area contributed by atoms with Gasteiger partial charge in [0.1, 0.15) is 5.25 Å². The zero-order valence-corrected chi connectivity index (χ0v) is 8.37. The number of thioether (sulfide) groups is 1. The Hall–Kier alpha value is -0.720. The van der Waals surface area contributed by atoms with Gasteiger partial charge in [-0.1, -0.05) is 11.8 Å². The minimum Gasteiger partial charge on any atom is -0.468 e. The molecule has 0 amide bonds. The molecule has 0 aliphatic rings. The van der Waals surface area contributed by atoms with Gasteiger partial charge in [-0.15, -0.1) is 0 Å². The van der Waals surface area contributed by atoms with Crippen LogP contribution in [0.15, 0.2) is 0 Å². The molecule has 0 aromatic rings. The second kappa shape index (κ2) is 5.23. The van der Waals surface area contributed by atoms with Crippen LogP contribution in [0.1, 0.15) is 13.3 Å². The van der Waals surface area contributed by atoms with Gasteiger partial charge < -0.3 is 4.74 Å². The number of carbonyl (C=O) groups excluding carboxylic acids is 2. The van der Waals surface area contributed by atoms with E-state index in [2.05, 4.69) is 4.74 Å². The van der Waals surface area contributed by atoms with Gasteiger partial charge in [0, 0.05) is 6.92 Å². The SMILES string of the molecule is COC(=O)[C@@H](CC(F)(F)F)SC(C)=O. The number of halogens is 3. The third kappa shape index (κ3) is 5.85. The molecule has 7 heteroatoms. The van der Waals surface area contributed by atoms with Gasteiger partial charge in [0.25, 0.3) is 0 Å². The standard InChI is InChI=1S/C7H9F3O3S/c1-4(11)14-5(6(12)13-2)3-7(8,9)10/h5H,3H2,1-2H3/t5-/m1/s1. The van der Waals surface area contributed by atoms with Crippen LogP contribution < -0.4 is 0 Å². The van der Waals surface area contributed by atoms with Crippen molar-refractivity contribution in [2.24, 2.45) is 0 Å². The summed E-state index contributed by atoms with van der Waals surface area (Å²) in [5.74, 6) is -1.04. The zero-order valence-electron chi connectivity index (χ0n) is 7.55. The van der Waals surface area contributed by atoms with E-state index in [1.807, 2.05) is 0 Å². The van der Waals surface area contributed by atoms with Crippen LogP contribution >= 0.6 is 11.8 Å². The largest absolute Gasteiger partial charge is 0.468 e. The first-order valence-electron chi connectivity index (χ1n) is 3.58. The molecule has 0 N–H and O–H groups in total. The summed E-state index contributed by atoms with van der Waals surface area (Å²) in [5.41, 5.74) is 0. The van der Waals surface area contributed by atoms with Crippen LogP contribution in [0.25, 0.3) is 0 Å². The first kappa shape index (κ1) is 13.3. The molecule has 14 heavy (non-hydrogen) atoms. The van der Waals surface area contributed by atoms with Crippen molar-refractivity contribution < 1.29 is 27.5 Å². The molecule has 0 saturated carbocycles. The third-order valence-electron chi connectivity index (χ3n) is 1.19. The minimum absolute atomic E-state index is 0.326. The summed E-state index contributed by atoms with van der Waals surface area (Å²) < 4.78 is 39.9. The third-order valence-corrected chi connectivity index (χ3v) is 2.16. The fourth-order valence-corrected chi connectivity index (χ4v) is 1.58. The van der Waals surface area contributed by atoms with E-state index in [1.54, 1.807) is 0 Å². The molecule has 0 radical (unpaired) electrons. The molecule has 1 atom stereocenters. The molecule has 0 aromatic heterocycles. The molecule has 0 rings (SSSR count). The van der Waals surface area contributed by atoms with Crippen molar-refractivity contribution in [1.82, 2.24) is 0 Å². The average molecular weight is 230 g/mol. The van der Waals surface area contributed by atoms with Gasteiger partial charge in [-0.2, -0.15) is 13.2 Å². The van der Waals surface area contributed by atoms with E-state index in [9.17, 15) is 22.8 Å². The molecule has 0 spiro atoms. The Bertz CT molecular complexity index is 227. The molecule has 0 aliphatic carbocycles. The normalized spacial score (nSPS) is 13.5. The lowest BCUT2D eigenvalue weighted by Crippen LogP contribution is -2.26. The highest BCUT2D eigenvalue weighted by molar-refractivity contribution is 8.14. The Morgan fingerprint density at radius 2 is 1.93 bits per heavy atom. The number of esters is 1. The maximum absolute atomic E-state index is 11.9. The Morgan fingerprint density at radius 3 is 2.21 bits per heavy atom. The predicted octanol–water partition coefficient (Wildman–Crippen LogP) is 1.76. The maximum atomic E-state index is 11.9. The van der Waals surface area contributed by atoms with Crippen LogP contribution in [0.4, 0.5) is 13.2 Å². The lowest BCUT2D eigenvalue weighted by molar-refractivity contribution is -0.153. The molecule has 0 heterocycles. The number of hydrogen-bond acceptors (Lipinski definition) is 4. The minimum atomic E-state index is -4.48. The molecule has 0 aromatic carbocycles. The first-order valence-corrected chi connectivity index (χ1v) is 4.46. The summed E-state index contributed by atoms with van der Waals surface area (Å²) in [5, 5.41) is -2.05. The van der Waals surface area contributed by atoms with Crippen LogP contribution in [0, 0.1) is 0 Å². The highest BCUT2D eigenvalue weighted by Crippen LogP contribution is 2.28. The summed E-state index contributed by atoms with van der Waals surface area (Å²) >= 11 is 0.326. The van der Waals surface area contributed by atoms with Crippen molar-refractivity contribution in [2.45, 2.75) is 24.8 Å². The van der Waals surface area contributed by atoms with E-state index in [4.69, 9.17) is 0 Å². The molecule has 0 unspecified atom stereocenters. The van der Waals surface area contributed by atoms with E-state index in [0.717, 1.165) is 14.0 Å². The molecule has 82 valence electrons. The summed E-state index contributed by atoms with van der Waals surface area (Å²) in [6.07, 6.45) is -5.84. The molecular weight excluding hydrogens is 221 g/mol. The topological polar surface area (TPSA) is 43.4 Å². The number of methoxy groups -OCH3 is 1. The maximum Gasteiger partial charge on any atom is 0.390 e. The monoisotopic (exact) mass is 230 g/mol. The van der Waals surface area contributed by atoms with E-state index in [-0.39, 0.29) is 0 Å². The summed E-state index contributed by atoms with van der Waals surface area (Å²) in [4.78, 5) is 21.4. The van der Waals surface area contributed by atoms with Crippen molar-refractivity contribution in [1.29, 1.82) is 0 Å².